The van der Waals surface area contributed by atoms with Crippen molar-refractivity contribution in [3.8, 4) is 0 Å². The van der Waals surface area contributed by atoms with Gasteiger partial charge in [-0.1, -0.05) is 18.2 Å². The van der Waals surface area contributed by atoms with Crippen LogP contribution >= 0.6 is 0 Å². The Bertz CT molecular complexity index is 1470. The number of ether oxygens (including phenoxy) is 1. The van der Waals surface area contributed by atoms with Crippen LogP contribution in [-0.4, -0.2) is 29.3 Å². The zero-order valence-electron chi connectivity index (χ0n) is 19.0. The summed E-state index contributed by atoms with van der Waals surface area (Å²) in [4.78, 5) is 41.8. The topological polar surface area (TPSA) is 98.5 Å². The first-order chi connectivity index (χ1) is 17.0. The molecule has 0 bridgehead atoms. The predicted octanol–water partition coefficient (Wildman–Crippen LogP) is 5.31. The fraction of sp³-hybridized carbons (Fsp3) is 0.143. The van der Waals surface area contributed by atoms with Crippen molar-refractivity contribution in [2.45, 2.75) is 19.8 Å². The van der Waals surface area contributed by atoms with Gasteiger partial charge in [-0.05, 0) is 79.4 Å². The molecule has 0 unspecified atom stereocenters. The van der Waals surface area contributed by atoms with Crippen molar-refractivity contribution in [2.24, 2.45) is 0 Å². The van der Waals surface area contributed by atoms with Crippen molar-refractivity contribution < 1.29 is 23.5 Å². The Morgan fingerprint density at radius 3 is 2.57 bits per heavy atom. The number of Topliss-reactive ketones (excluding diaryl/α,β-unsaturated/α-hetero) is 1. The van der Waals surface area contributed by atoms with Gasteiger partial charge in [-0.15, -0.1) is 0 Å². The van der Waals surface area contributed by atoms with Gasteiger partial charge in [0, 0.05) is 16.6 Å². The minimum Gasteiger partial charge on any atom is -0.465 e. The summed E-state index contributed by atoms with van der Waals surface area (Å²) in [5, 5.41) is 3.37. The molecule has 0 saturated carbocycles. The van der Waals surface area contributed by atoms with Crippen molar-refractivity contribution >= 4 is 45.9 Å². The molecule has 1 aliphatic carbocycles. The van der Waals surface area contributed by atoms with Crippen LogP contribution < -0.4 is 5.32 Å². The first kappa shape index (κ1) is 22.3. The standard InChI is InChI=1S/C28H22N2O5/c1-17(31)18-8-11-20(12-9-18)29-25(32)16-35-28(33)26-22-6-2-3-7-24(22)30-27-19(10-13-23(26)27)15-21-5-4-14-34-21/h2-9,11-12,14-15H,10,13,16H2,1H3,(H,29,32). The number of esters is 1. The lowest BCUT2D eigenvalue weighted by atomic mass is 10.0. The normalized spacial score (nSPS) is 13.6. The Morgan fingerprint density at radius 2 is 1.83 bits per heavy atom. The van der Waals surface area contributed by atoms with E-state index in [1.54, 1.807) is 30.5 Å². The lowest BCUT2D eigenvalue weighted by Crippen LogP contribution is -2.21. The Hall–Kier alpha value is -4.52. The number of fused-ring (bicyclic) bond motifs is 2. The summed E-state index contributed by atoms with van der Waals surface area (Å²) < 4.78 is 10.9. The number of hydrogen-bond donors (Lipinski definition) is 1. The molecule has 0 fully saturated rings. The van der Waals surface area contributed by atoms with Crippen LogP contribution in [-0.2, 0) is 16.0 Å². The van der Waals surface area contributed by atoms with Gasteiger partial charge in [0.1, 0.15) is 5.76 Å². The van der Waals surface area contributed by atoms with Crippen molar-refractivity contribution in [1.29, 1.82) is 0 Å². The molecular weight excluding hydrogens is 444 g/mol. The van der Waals surface area contributed by atoms with Gasteiger partial charge in [0.15, 0.2) is 12.4 Å². The van der Waals surface area contributed by atoms with Gasteiger partial charge in [-0.2, -0.15) is 0 Å². The number of rotatable bonds is 6. The highest BCUT2D eigenvalue weighted by molar-refractivity contribution is 6.08. The molecule has 4 aromatic rings. The number of nitrogens with one attached hydrogen (secondary N) is 1. The number of para-hydroxylation sites is 1. The number of anilines is 1. The number of ketones is 1. The van der Waals surface area contributed by atoms with Crippen molar-refractivity contribution in [3.63, 3.8) is 0 Å². The largest absolute Gasteiger partial charge is 0.465 e. The summed E-state index contributed by atoms with van der Waals surface area (Å²) in [5.41, 5.74) is 4.73. The summed E-state index contributed by atoms with van der Waals surface area (Å²) in [7, 11) is 0. The van der Waals surface area contributed by atoms with E-state index in [0.717, 1.165) is 29.0 Å². The highest BCUT2D eigenvalue weighted by Gasteiger charge is 2.28. The van der Waals surface area contributed by atoms with E-state index in [0.29, 0.717) is 34.1 Å². The maximum absolute atomic E-state index is 13.2. The molecule has 174 valence electrons. The number of carbonyl (C=O) groups is 3. The number of furan rings is 1. The molecule has 1 N–H and O–H groups in total. The van der Waals surface area contributed by atoms with Gasteiger partial charge in [-0.25, -0.2) is 9.78 Å². The second-order valence-corrected chi connectivity index (χ2v) is 8.27. The highest BCUT2D eigenvalue weighted by atomic mass is 16.5. The van der Waals surface area contributed by atoms with Crippen LogP contribution in [0.2, 0.25) is 0 Å². The monoisotopic (exact) mass is 466 g/mol. The van der Waals surface area contributed by atoms with E-state index in [1.807, 2.05) is 42.5 Å². The molecule has 5 rings (SSSR count). The first-order valence-electron chi connectivity index (χ1n) is 11.2. The minimum absolute atomic E-state index is 0.0592. The van der Waals surface area contributed by atoms with Crippen LogP contribution in [0.5, 0.6) is 0 Å². The maximum Gasteiger partial charge on any atom is 0.339 e. The van der Waals surface area contributed by atoms with Gasteiger partial charge in [0.05, 0.1) is 23.0 Å². The third kappa shape index (κ3) is 4.61. The van der Waals surface area contributed by atoms with Gasteiger partial charge >= 0.3 is 5.97 Å². The second kappa shape index (κ2) is 9.38. The lowest BCUT2D eigenvalue weighted by Gasteiger charge is -2.12. The Morgan fingerprint density at radius 1 is 1.03 bits per heavy atom. The Labute approximate surface area is 201 Å². The molecule has 7 heteroatoms. The van der Waals surface area contributed by atoms with Crippen LogP contribution in [0.15, 0.2) is 71.3 Å². The maximum atomic E-state index is 13.2. The van der Waals surface area contributed by atoms with E-state index in [2.05, 4.69) is 5.32 Å². The summed E-state index contributed by atoms with van der Waals surface area (Å²) in [6.07, 6.45) is 4.91. The van der Waals surface area contributed by atoms with Crippen LogP contribution in [0.25, 0.3) is 22.6 Å². The molecule has 2 aromatic heterocycles. The average molecular weight is 466 g/mol. The molecular formula is C28H22N2O5. The summed E-state index contributed by atoms with van der Waals surface area (Å²) in [6, 6.07) is 17.6. The Kier molecular flexibility index (Phi) is 5.97. The number of hydrogen-bond acceptors (Lipinski definition) is 6. The molecule has 0 saturated heterocycles. The number of allylic oxidation sites excluding steroid dienone is 1. The molecule has 35 heavy (non-hydrogen) atoms. The molecule has 0 spiro atoms. The molecule has 0 radical (unpaired) electrons. The van der Waals surface area contributed by atoms with E-state index in [1.165, 1.54) is 6.92 Å². The fourth-order valence-electron chi connectivity index (χ4n) is 4.25. The van der Waals surface area contributed by atoms with Gasteiger partial charge in [0.2, 0.25) is 0 Å². The number of amides is 1. The molecule has 7 nitrogen and oxygen atoms in total. The summed E-state index contributed by atoms with van der Waals surface area (Å²) in [5.74, 6) is -0.375. The van der Waals surface area contributed by atoms with E-state index < -0.39 is 18.5 Å². The molecule has 1 aliphatic rings. The number of benzene rings is 2. The number of nitrogens with zero attached hydrogens (tertiary/aromatic N) is 1. The van der Waals surface area contributed by atoms with Crippen molar-refractivity contribution in [3.05, 3.63) is 95.1 Å². The van der Waals surface area contributed by atoms with E-state index in [-0.39, 0.29) is 5.78 Å². The first-order valence-corrected chi connectivity index (χ1v) is 11.2. The number of aromatic nitrogens is 1. The molecule has 2 heterocycles. The van der Waals surface area contributed by atoms with Crippen LogP contribution in [0.3, 0.4) is 0 Å². The fourth-order valence-corrected chi connectivity index (χ4v) is 4.25. The van der Waals surface area contributed by atoms with Crippen LogP contribution in [0, 0.1) is 0 Å². The highest BCUT2D eigenvalue weighted by Crippen LogP contribution is 2.37. The van der Waals surface area contributed by atoms with Gasteiger partial charge in [-0.3, -0.25) is 9.59 Å². The van der Waals surface area contributed by atoms with E-state index >= 15 is 0 Å². The molecule has 1 amide bonds. The number of carbonyl (C=O) groups excluding carboxylic acids is 3. The predicted molar refractivity (Wildman–Crippen MR) is 132 cm³/mol. The summed E-state index contributed by atoms with van der Waals surface area (Å²) >= 11 is 0. The van der Waals surface area contributed by atoms with E-state index in [4.69, 9.17) is 14.1 Å². The van der Waals surface area contributed by atoms with Crippen LogP contribution in [0.1, 0.15) is 51.1 Å². The average Bonchev–Trinajstić information content (AvgIpc) is 3.52. The van der Waals surface area contributed by atoms with Crippen molar-refractivity contribution in [1.82, 2.24) is 4.98 Å². The minimum atomic E-state index is -0.568. The lowest BCUT2D eigenvalue weighted by molar-refractivity contribution is -0.119. The molecule has 2 aromatic carbocycles. The Balaban J connectivity index is 1.38. The third-order valence-electron chi connectivity index (χ3n) is 5.92. The zero-order valence-corrected chi connectivity index (χ0v) is 19.0. The molecule has 0 aliphatic heterocycles. The smallest absolute Gasteiger partial charge is 0.339 e. The second-order valence-electron chi connectivity index (χ2n) is 8.27. The zero-order chi connectivity index (χ0) is 24.4. The quantitative estimate of drug-likeness (QED) is 0.305. The third-order valence-corrected chi connectivity index (χ3v) is 5.92. The SMILES string of the molecule is CC(=O)c1ccc(NC(=O)COC(=O)c2c3c(nc4ccccc24)C(=Cc2ccco2)CC3)cc1. The summed E-state index contributed by atoms with van der Waals surface area (Å²) in [6.45, 7) is 1.04. The number of pyridine rings is 1. The van der Waals surface area contributed by atoms with Crippen molar-refractivity contribution in [2.75, 3.05) is 11.9 Å². The van der Waals surface area contributed by atoms with Crippen LogP contribution in [0.4, 0.5) is 5.69 Å². The van der Waals surface area contributed by atoms with Gasteiger partial charge < -0.3 is 14.5 Å². The van der Waals surface area contributed by atoms with E-state index in [9.17, 15) is 14.4 Å². The van der Waals surface area contributed by atoms with Gasteiger partial charge in [0.25, 0.3) is 5.91 Å². The molecule has 0 atom stereocenters.